The quantitative estimate of drug-likeness (QED) is 0.594. The summed E-state index contributed by atoms with van der Waals surface area (Å²) in [5.74, 6) is 0. The monoisotopic (exact) mass is 259 g/mol. The first-order valence-corrected chi connectivity index (χ1v) is 5.58. The van der Waals surface area contributed by atoms with Gasteiger partial charge in [0.05, 0.1) is 0 Å². The summed E-state index contributed by atoms with van der Waals surface area (Å²) < 4.78 is 0. The molecule has 1 nitrogen and oxygen atoms in total. The van der Waals surface area contributed by atoms with E-state index in [0.717, 1.165) is 22.9 Å². The second-order valence-corrected chi connectivity index (χ2v) is 3.92. The van der Waals surface area contributed by atoms with Crippen LogP contribution in [0.15, 0.2) is 18.3 Å². The lowest BCUT2D eigenvalue weighted by Crippen LogP contribution is -1.83. The van der Waals surface area contributed by atoms with Gasteiger partial charge >= 0.3 is 0 Å². The molecule has 0 spiro atoms. The molecular formula is C10H11BrClN. The normalized spacial score (nSPS) is 11.0. The molecule has 0 fully saturated rings. The third-order valence-corrected chi connectivity index (χ3v) is 2.36. The molecule has 0 saturated carbocycles. The second-order valence-electron chi connectivity index (χ2n) is 2.74. The van der Waals surface area contributed by atoms with E-state index in [1.54, 1.807) is 6.20 Å². The van der Waals surface area contributed by atoms with Gasteiger partial charge in [-0.1, -0.05) is 39.7 Å². The third-order valence-electron chi connectivity index (χ3n) is 1.69. The number of pyridine rings is 1. The summed E-state index contributed by atoms with van der Waals surface area (Å²) in [7, 11) is 0. The number of aryl methyl sites for hydroxylation is 1. The molecule has 0 unspecified atom stereocenters. The Labute approximate surface area is 92.0 Å². The van der Waals surface area contributed by atoms with Crippen molar-refractivity contribution in [1.82, 2.24) is 4.98 Å². The number of nitrogens with zero attached hydrogens (tertiary/aromatic N) is 1. The Hall–Kier alpha value is -0.340. The Morgan fingerprint density at radius 3 is 3.00 bits per heavy atom. The first-order chi connectivity index (χ1) is 6.24. The van der Waals surface area contributed by atoms with Gasteiger partial charge in [-0.25, -0.2) is 4.98 Å². The minimum Gasteiger partial charge on any atom is -0.244 e. The molecule has 0 aliphatic carbocycles. The van der Waals surface area contributed by atoms with Crippen molar-refractivity contribution >= 4 is 33.6 Å². The van der Waals surface area contributed by atoms with E-state index >= 15 is 0 Å². The minimum absolute atomic E-state index is 0.551. The number of hydrogen-bond donors (Lipinski definition) is 0. The number of rotatable bonds is 3. The van der Waals surface area contributed by atoms with Gasteiger partial charge in [0.15, 0.2) is 0 Å². The highest BCUT2D eigenvalue weighted by Crippen LogP contribution is 2.13. The maximum absolute atomic E-state index is 5.74. The first kappa shape index (κ1) is 10.7. The predicted molar refractivity (Wildman–Crippen MR) is 61.4 cm³/mol. The SMILES string of the molecule is Cc1cc(Cl)ncc1C=CCCBr. The minimum atomic E-state index is 0.551. The highest BCUT2D eigenvalue weighted by Gasteiger charge is 1.95. The van der Waals surface area contributed by atoms with Crippen LogP contribution in [0.5, 0.6) is 0 Å². The molecule has 0 amide bonds. The Kier molecular flexibility index (Phi) is 4.46. The van der Waals surface area contributed by atoms with Gasteiger partial charge in [0.1, 0.15) is 5.15 Å². The fraction of sp³-hybridized carbons (Fsp3) is 0.300. The van der Waals surface area contributed by atoms with Crippen molar-refractivity contribution in [1.29, 1.82) is 0 Å². The van der Waals surface area contributed by atoms with Crippen LogP contribution >= 0.6 is 27.5 Å². The second kappa shape index (κ2) is 5.40. The van der Waals surface area contributed by atoms with E-state index in [4.69, 9.17) is 11.6 Å². The highest BCUT2D eigenvalue weighted by molar-refractivity contribution is 9.09. The predicted octanol–water partition coefficient (Wildman–Crippen LogP) is 3.84. The number of halogens is 2. The Morgan fingerprint density at radius 1 is 1.62 bits per heavy atom. The molecule has 13 heavy (non-hydrogen) atoms. The van der Waals surface area contributed by atoms with E-state index in [-0.39, 0.29) is 0 Å². The highest BCUT2D eigenvalue weighted by atomic mass is 79.9. The molecule has 0 aliphatic rings. The van der Waals surface area contributed by atoms with Crippen molar-refractivity contribution in [2.24, 2.45) is 0 Å². The Balaban J connectivity index is 2.77. The van der Waals surface area contributed by atoms with Crippen LogP contribution in [0.4, 0.5) is 0 Å². The van der Waals surface area contributed by atoms with Crippen molar-refractivity contribution in [3.05, 3.63) is 34.6 Å². The fourth-order valence-electron chi connectivity index (χ4n) is 0.980. The van der Waals surface area contributed by atoms with Crippen molar-refractivity contribution in [2.45, 2.75) is 13.3 Å². The van der Waals surface area contributed by atoms with Gasteiger partial charge < -0.3 is 0 Å². The van der Waals surface area contributed by atoms with Gasteiger partial charge in [-0.15, -0.1) is 0 Å². The molecule has 0 aliphatic heterocycles. The molecule has 0 bridgehead atoms. The Bertz CT molecular complexity index is 310. The molecule has 0 saturated heterocycles. The number of alkyl halides is 1. The van der Waals surface area contributed by atoms with Crippen molar-refractivity contribution < 1.29 is 0 Å². The van der Waals surface area contributed by atoms with Gasteiger partial charge in [0.25, 0.3) is 0 Å². The van der Waals surface area contributed by atoms with Crippen LogP contribution in [0, 0.1) is 6.92 Å². The first-order valence-electron chi connectivity index (χ1n) is 4.08. The summed E-state index contributed by atoms with van der Waals surface area (Å²) >= 11 is 9.10. The fourth-order valence-corrected chi connectivity index (χ4v) is 1.46. The standard InChI is InChI=1S/C10H11BrClN/c1-8-6-10(12)13-7-9(8)4-2-3-5-11/h2,4,6-7H,3,5H2,1H3. The van der Waals surface area contributed by atoms with E-state index in [0.29, 0.717) is 5.15 Å². The lowest BCUT2D eigenvalue weighted by molar-refractivity contribution is 1.25. The van der Waals surface area contributed by atoms with Crippen LogP contribution in [0.3, 0.4) is 0 Å². The summed E-state index contributed by atoms with van der Waals surface area (Å²) in [6, 6.07) is 1.87. The van der Waals surface area contributed by atoms with Gasteiger partial charge in [0.2, 0.25) is 0 Å². The van der Waals surface area contributed by atoms with Crippen LogP contribution < -0.4 is 0 Å². The summed E-state index contributed by atoms with van der Waals surface area (Å²) in [5.41, 5.74) is 2.29. The van der Waals surface area contributed by atoms with E-state index in [1.807, 2.05) is 13.0 Å². The molecule has 3 heteroatoms. The zero-order valence-corrected chi connectivity index (χ0v) is 9.77. The number of aromatic nitrogens is 1. The molecule has 1 aromatic heterocycles. The lowest BCUT2D eigenvalue weighted by Gasteiger charge is -1.98. The average Bonchev–Trinajstić information content (AvgIpc) is 2.09. The molecule has 0 atom stereocenters. The molecular weight excluding hydrogens is 249 g/mol. The molecule has 1 heterocycles. The average molecular weight is 261 g/mol. The zero-order chi connectivity index (χ0) is 9.68. The third kappa shape index (κ3) is 3.49. The molecule has 0 radical (unpaired) electrons. The number of allylic oxidation sites excluding steroid dienone is 1. The van der Waals surface area contributed by atoms with Crippen molar-refractivity contribution in [3.63, 3.8) is 0 Å². The van der Waals surface area contributed by atoms with E-state index < -0.39 is 0 Å². The molecule has 70 valence electrons. The van der Waals surface area contributed by atoms with Crippen molar-refractivity contribution in [3.8, 4) is 0 Å². The van der Waals surface area contributed by atoms with Gasteiger partial charge in [-0.3, -0.25) is 0 Å². The largest absolute Gasteiger partial charge is 0.244 e. The molecule has 0 aromatic carbocycles. The van der Waals surface area contributed by atoms with Crippen LogP contribution in [-0.2, 0) is 0 Å². The van der Waals surface area contributed by atoms with E-state index in [9.17, 15) is 0 Å². The van der Waals surface area contributed by atoms with E-state index in [1.165, 1.54) is 0 Å². The van der Waals surface area contributed by atoms with Crippen LogP contribution in [0.2, 0.25) is 5.15 Å². The van der Waals surface area contributed by atoms with Gasteiger partial charge in [-0.2, -0.15) is 0 Å². The molecule has 1 aromatic rings. The van der Waals surface area contributed by atoms with Crippen LogP contribution in [0.25, 0.3) is 6.08 Å². The van der Waals surface area contributed by atoms with Gasteiger partial charge in [-0.05, 0) is 30.5 Å². The maximum Gasteiger partial charge on any atom is 0.129 e. The lowest BCUT2D eigenvalue weighted by atomic mass is 10.1. The van der Waals surface area contributed by atoms with Gasteiger partial charge in [0, 0.05) is 11.5 Å². The summed E-state index contributed by atoms with van der Waals surface area (Å²) in [6.07, 6.45) is 7.01. The molecule has 1 rings (SSSR count). The summed E-state index contributed by atoms with van der Waals surface area (Å²) in [4.78, 5) is 4.02. The zero-order valence-electron chi connectivity index (χ0n) is 7.43. The summed E-state index contributed by atoms with van der Waals surface area (Å²) in [6.45, 7) is 2.03. The number of hydrogen-bond acceptors (Lipinski definition) is 1. The Morgan fingerprint density at radius 2 is 2.38 bits per heavy atom. The van der Waals surface area contributed by atoms with Crippen LogP contribution in [0.1, 0.15) is 17.5 Å². The van der Waals surface area contributed by atoms with E-state index in [2.05, 4.69) is 33.1 Å². The summed E-state index contributed by atoms with van der Waals surface area (Å²) in [5, 5.41) is 1.54. The van der Waals surface area contributed by atoms with Crippen LogP contribution in [-0.4, -0.2) is 10.3 Å². The molecule has 0 N–H and O–H groups in total. The van der Waals surface area contributed by atoms with Crippen molar-refractivity contribution in [2.75, 3.05) is 5.33 Å². The smallest absolute Gasteiger partial charge is 0.129 e. The maximum atomic E-state index is 5.74. The topological polar surface area (TPSA) is 12.9 Å².